The van der Waals surface area contributed by atoms with E-state index in [0.29, 0.717) is 0 Å². The number of carbonyl (C=O) groups excluding carboxylic acids is 1. The van der Waals surface area contributed by atoms with Gasteiger partial charge >= 0.3 is 5.97 Å². The lowest BCUT2D eigenvalue weighted by Crippen LogP contribution is -2.08. The third kappa shape index (κ3) is 3.63. The standard InChI is InChI=1S/C12H12N2O5/c1-8(15)9(12(16)19-2)7-13-10-5-3-4-6-11(10)14(17)18/h3-7,15H,1-2H3/b9-8-,13-7?. The highest BCUT2D eigenvalue weighted by molar-refractivity contribution is 6.10. The molecule has 1 rings (SSSR count). The molecule has 1 N–H and O–H groups in total. The molecule has 0 amide bonds. The summed E-state index contributed by atoms with van der Waals surface area (Å²) in [4.78, 5) is 25.3. The van der Waals surface area contributed by atoms with Gasteiger partial charge in [0.25, 0.3) is 5.69 Å². The van der Waals surface area contributed by atoms with Gasteiger partial charge in [0.1, 0.15) is 17.0 Å². The SMILES string of the molecule is COC(=O)/C(C=Nc1ccccc1[N+](=O)[O-])=C(/C)O. The molecule has 0 saturated heterocycles. The number of nitro groups is 1. The molecule has 100 valence electrons. The summed E-state index contributed by atoms with van der Waals surface area (Å²) in [7, 11) is 1.16. The molecule has 1 aromatic carbocycles. The second kappa shape index (κ2) is 6.29. The third-order valence-corrected chi connectivity index (χ3v) is 2.21. The van der Waals surface area contributed by atoms with Crippen LogP contribution in [0.2, 0.25) is 0 Å². The van der Waals surface area contributed by atoms with Crippen LogP contribution in [-0.4, -0.2) is 29.3 Å². The summed E-state index contributed by atoms with van der Waals surface area (Å²) in [5.74, 6) is -1.06. The minimum absolute atomic E-state index is 0.0788. The topological polar surface area (TPSA) is 102 Å². The molecule has 0 aliphatic rings. The van der Waals surface area contributed by atoms with Crippen LogP contribution in [0, 0.1) is 10.1 Å². The molecule has 0 fully saturated rings. The van der Waals surface area contributed by atoms with Crippen molar-refractivity contribution in [2.24, 2.45) is 4.99 Å². The molecule has 7 heteroatoms. The predicted molar refractivity (Wildman–Crippen MR) is 68.6 cm³/mol. The van der Waals surface area contributed by atoms with Gasteiger partial charge in [-0.1, -0.05) is 12.1 Å². The minimum Gasteiger partial charge on any atom is -0.512 e. The number of aliphatic hydroxyl groups is 1. The fourth-order valence-electron chi connectivity index (χ4n) is 1.27. The highest BCUT2D eigenvalue weighted by Gasteiger charge is 2.14. The molecular formula is C12H12N2O5. The molecule has 0 radical (unpaired) electrons. The summed E-state index contributed by atoms with van der Waals surface area (Å²) in [6.45, 7) is 1.29. The Morgan fingerprint density at radius 2 is 2.11 bits per heavy atom. The van der Waals surface area contributed by atoms with Crippen molar-refractivity contribution in [1.82, 2.24) is 0 Å². The number of methoxy groups -OCH3 is 1. The van der Waals surface area contributed by atoms with Gasteiger partial charge in [-0.3, -0.25) is 10.1 Å². The number of carbonyl (C=O) groups is 1. The Bertz CT molecular complexity index is 559. The molecule has 0 saturated carbocycles. The van der Waals surface area contributed by atoms with E-state index in [2.05, 4.69) is 9.73 Å². The summed E-state index contributed by atoms with van der Waals surface area (Å²) < 4.78 is 4.46. The first-order valence-electron chi connectivity index (χ1n) is 5.23. The van der Waals surface area contributed by atoms with Crippen LogP contribution in [0.1, 0.15) is 6.92 Å². The molecule has 7 nitrogen and oxygen atoms in total. The first-order chi connectivity index (χ1) is 8.97. The molecule has 0 aliphatic heterocycles. The van der Waals surface area contributed by atoms with Gasteiger partial charge in [0.2, 0.25) is 0 Å². The Kier molecular flexibility index (Phi) is 4.76. The van der Waals surface area contributed by atoms with E-state index in [1.54, 1.807) is 6.07 Å². The molecule has 19 heavy (non-hydrogen) atoms. The van der Waals surface area contributed by atoms with Crippen molar-refractivity contribution in [2.75, 3.05) is 7.11 Å². The lowest BCUT2D eigenvalue weighted by atomic mass is 10.2. The van der Waals surface area contributed by atoms with E-state index < -0.39 is 10.9 Å². The van der Waals surface area contributed by atoms with Gasteiger partial charge in [-0.05, 0) is 13.0 Å². The second-order valence-electron chi connectivity index (χ2n) is 3.49. The quantitative estimate of drug-likeness (QED) is 0.224. The van der Waals surface area contributed by atoms with Crippen LogP contribution in [0.4, 0.5) is 11.4 Å². The average Bonchev–Trinajstić information content (AvgIpc) is 2.38. The lowest BCUT2D eigenvalue weighted by Gasteiger charge is -2.01. The molecule has 1 aromatic rings. The van der Waals surface area contributed by atoms with Crippen LogP contribution < -0.4 is 0 Å². The van der Waals surface area contributed by atoms with Crippen LogP contribution in [0.5, 0.6) is 0 Å². The van der Waals surface area contributed by atoms with E-state index in [0.717, 1.165) is 13.3 Å². The Morgan fingerprint density at radius 1 is 1.47 bits per heavy atom. The molecule has 0 spiro atoms. The number of esters is 1. The fraction of sp³-hybridized carbons (Fsp3) is 0.167. The van der Waals surface area contributed by atoms with E-state index in [-0.39, 0.29) is 22.7 Å². The fourth-order valence-corrected chi connectivity index (χ4v) is 1.27. The lowest BCUT2D eigenvalue weighted by molar-refractivity contribution is -0.384. The molecular weight excluding hydrogens is 252 g/mol. The van der Waals surface area contributed by atoms with Crippen molar-refractivity contribution < 1.29 is 19.6 Å². The van der Waals surface area contributed by atoms with Crippen LogP contribution in [0.15, 0.2) is 40.6 Å². The molecule has 0 bridgehead atoms. The monoisotopic (exact) mass is 264 g/mol. The average molecular weight is 264 g/mol. The van der Waals surface area contributed by atoms with Gasteiger partial charge in [0.15, 0.2) is 0 Å². The number of ether oxygens (including phenoxy) is 1. The van der Waals surface area contributed by atoms with Crippen LogP contribution in [0.3, 0.4) is 0 Å². The van der Waals surface area contributed by atoms with Crippen LogP contribution >= 0.6 is 0 Å². The van der Waals surface area contributed by atoms with Crippen LogP contribution in [0.25, 0.3) is 0 Å². The van der Waals surface area contributed by atoms with Crippen molar-refractivity contribution in [2.45, 2.75) is 6.92 Å². The third-order valence-electron chi connectivity index (χ3n) is 2.21. The Morgan fingerprint density at radius 3 is 2.63 bits per heavy atom. The highest BCUT2D eigenvalue weighted by Crippen LogP contribution is 2.26. The summed E-state index contributed by atoms with van der Waals surface area (Å²) in [5, 5.41) is 20.1. The predicted octanol–water partition coefficient (Wildman–Crippen LogP) is 2.30. The number of benzene rings is 1. The maximum Gasteiger partial charge on any atom is 0.342 e. The molecule has 0 atom stereocenters. The van der Waals surface area contributed by atoms with Crippen molar-refractivity contribution in [3.8, 4) is 0 Å². The number of aliphatic hydroxyl groups excluding tert-OH is 1. The molecule has 0 aromatic heterocycles. The van der Waals surface area contributed by atoms with E-state index in [9.17, 15) is 20.0 Å². The number of nitrogens with zero attached hydrogens (tertiary/aromatic N) is 2. The molecule has 0 heterocycles. The summed E-state index contributed by atoms with van der Waals surface area (Å²) in [6.07, 6.45) is 1.03. The molecule has 0 aliphatic carbocycles. The van der Waals surface area contributed by atoms with Crippen molar-refractivity contribution >= 4 is 23.6 Å². The molecule has 0 unspecified atom stereocenters. The van der Waals surface area contributed by atoms with E-state index in [4.69, 9.17) is 0 Å². The summed E-state index contributed by atoms with van der Waals surface area (Å²) in [5.41, 5.74) is -0.283. The smallest absolute Gasteiger partial charge is 0.342 e. The minimum atomic E-state index is -0.776. The van der Waals surface area contributed by atoms with Crippen molar-refractivity contribution in [1.29, 1.82) is 0 Å². The van der Waals surface area contributed by atoms with E-state index >= 15 is 0 Å². The van der Waals surface area contributed by atoms with Gasteiger partial charge in [0.05, 0.1) is 12.0 Å². The van der Waals surface area contributed by atoms with Gasteiger partial charge in [0, 0.05) is 12.3 Å². The zero-order chi connectivity index (χ0) is 14.4. The van der Waals surface area contributed by atoms with Gasteiger partial charge in [-0.25, -0.2) is 9.79 Å². The van der Waals surface area contributed by atoms with Gasteiger partial charge in [-0.2, -0.15) is 0 Å². The number of hydrogen-bond acceptors (Lipinski definition) is 6. The Hall–Kier alpha value is -2.70. The summed E-state index contributed by atoms with van der Waals surface area (Å²) in [6, 6.07) is 5.80. The Labute approximate surface area is 109 Å². The van der Waals surface area contributed by atoms with Crippen molar-refractivity contribution in [3.05, 3.63) is 45.7 Å². The summed E-state index contributed by atoms with van der Waals surface area (Å²) >= 11 is 0. The zero-order valence-corrected chi connectivity index (χ0v) is 10.4. The van der Waals surface area contributed by atoms with Gasteiger partial charge < -0.3 is 9.84 Å². The van der Waals surface area contributed by atoms with Crippen molar-refractivity contribution in [3.63, 3.8) is 0 Å². The van der Waals surface area contributed by atoms with Gasteiger partial charge in [-0.15, -0.1) is 0 Å². The number of nitro benzene ring substituents is 1. The van der Waals surface area contributed by atoms with E-state index in [1.165, 1.54) is 25.1 Å². The highest BCUT2D eigenvalue weighted by atomic mass is 16.6. The number of aliphatic imine (C=N–C) groups is 1. The zero-order valence-electron chi connectivity index (χ0n) is 10.4. The second-order valence-corrected chi connectivity index (χ2v) is 3.49. The van der Waals surface area contributed by atoms with Crippen LogP contribution in [-0.2, 0) is 9.53 Å². The first-order valence-corrected chi connectivity index (χ1v) is 5.23. The maximum absolute atomic E-state index is 11.3. The Balaban J connectivity index is 3.15. The first kappa shape index (κ1) is 14.4. The number of hydrogen-bond donors (Lipinski definition) is 1. The number of rotatable bonds is 4. The number of allylic oxidation sites excluding steroid dienone is 1. The largest absolute Gasteiger partial charge is 0.512 e. The maximum atomic E-state index is 11.3. The number of para-hydroxylation sites is 2. The van der Waals surface area contributed by atoms with E-state index in [1.807, 2.05) is 0 Å². The normalized spacial score (nSPS) is 12.1.